The van der Waals surface area contributed by atoms with E-state index >= 15 is 0 Å². The molecule has 2 rings (SSSR count). The Morgan fingerprint density at radius 3 is 2.57 bits per heavy atom. The lowest BCUT2D eigenvalue weighted by Gasteiger charge is -2.17. The van der Waals surface area contributed by atoms with Gasteiger partial charge >= 0.3 is 5.97 Å². The van der Waals surface area contributed by atoms with Gasteiger partial charge in [0.2, 0.25) is 0 Å². The third-order valence-corrected chi connectivity index (χ3v) is 4.55. The molecule has 0 aliphatic carbocycles. The van der Waals surface area contributed by atoms with E-state index in [1.165, 1.54) is 22.5 Å². The molecule has 1 aromatic carbocycles. The fourth-order valence-electron chi connectivity index (χ4n) is 2.14. The van der Waals surface area contributed by atoms with E-state index in [9.17, 15) is 9.90 Å². The maximum Gasteiger partial charge on any atom is 0.347 e. The first-order chi connectivity index (χ1) is 9.90. The minimum Gasteiger partial charge on any atom is -0.477 e. The van der Waals surface area contributed by atoms with Crippen molar-refractivity contribution in [1.29, 1.82) is 0 Å². The van der Waals surface area contributed by atoms with Crippen molar-refractivity contribution in [2.45, 2.75) is 33.2 Å². The van der Waals surface area contributed by atoms with Gasteiger partial charge in [0.1, 0.15) is 4.88 Å². The predicted molar refractivity (Wildman–Crippen MR) is 86.4 cm³/mol. The van der Waals surface area contributed by atoms with Gasteiger partial charge in [0, 0.05) is 13.6 Å². The van der Waals surface area contributed by atoms with Crippen molar-refractivity contribution in [2.75, 3.05) is 11.9 Å². The maximum atomic E-state index is 11.3. The van der Waals surface area contributed by atoms with E-state index in [0.717, 1.165) is 11.7 Å². The molecule has 5 heteroatoms. The molecule has 0 aliphatic heterocycles. The zero-order valence-electron chi connectivity index (χ0n) is 12.8. The number of hydrogen-bond acceptors (Lipinski definition) is 4. The largest absolute Gasteiger partial charge is 0.477 e. The number of hydrogen-bond donors (Lipinski definition) is 1. The molecule has 0 saturated heterocycles. The Morgan fingerprint density at radius 1 is 1.38 bits per heavy atom. The molecule has 0 amide bonds. The van der Waals surface area contributed by atoms with Crippen LogP contribution < -0.4 is 4.90 Å². The van der Waals surface area contributed by atoms with Crippen molar-refractivity contribution in [1.82, 2.24) is 4.98 Å². The summed E-state index contributed by atoms with van der Waals surface area (Å²) in [6.07, 6.45) is 0. The van der Waals surface area contributed by atoms with E-state index in [2.05, 4.69) is 24.0 Å². The Kier molecular flexibility index (Phi) is 4.63. The average molecular weight is 304 g/mol. The Morgan fingerprint density at radius 2 is 2.05 bits per heavy atom. The van der Waals surface area contributed by atoms with Gasteiger partial charge < -0.3 is 10.0 Å². The van der Waals surface area contributed by atoms with E-state index in [0.29, 0.717) is 10.6 Å². The number of carboxylic acids is 1. The van der Waals surface area contributed by atoms with Crippen LogP contribution >= 0.6 is 11.3 Å². The van der Waals surface area contributed by atoms with Gasteiger partial charge in [0.05, 0.1) is 5.69 Å². The highest BCUT2D eigenvalue weighted by molar-refractivity contribution is 7.17. The van der Waals surface area contributed by atoms with Gasteiger partial charge in [0.25, 0.3) is 0 Å². The van der Waals surface area contributed by atoms with Crippen molar-refractivity contribution < 1.29 is 9.90 Å². The summed E-state index contributed by atoms with van der Waals surface area (Å²) in [6.45, 7) is 6.73. The second-order valence-corrected chi connectivity index (χ2v) is 6.43. The fraction of sp³-hybridized carbons (Fsp3) is 0.375. The number of aromatic carboxylic acids is 1. The van der Waals surface area contributed by atoms with Crippen LogP contribution in [0.2, 0.25) is 0 Å². The van der Waals surface area contributed by atoms with Crippen LogP contribution in [0.25, 0.3) is 0 Å². The van der Waals surface area contributed by atoms with Crippen molar-refractivity contribution in [2.24, 2.45) is 0 Å². The molecule has 1 heterocycles. The molecular weight excluding hydrogens is 284 g/mol. The van der Waals surface area contributed by atoms with Crippen molar-refractivity contribution in [3.63, 3.8) is 0 Å². The number of aromatic nitrogens is 1. The summed E-state index contributed by atoms with van der Waals surface area (Å²) >= 11 is 1.24. The van der Waals surface area contributed by atoms with Gasteiger partial charge in [-0.25, -0.2) is 9.78 Å². The monoisotopic (exact) mass is 304 g/mol. The number of carboxylic acid groups (broad SMARTS) is 1. The second-order valence-electron chi connectivity index (χ2n) is 5.45. The fourth-order valence-corrected chi connectivity index (χ4v) is 3.16. The molecule has 0 bridgehead atoms. The van der Waals surface area contributed by atoms with Gasteiger partial charge in [-0.15, -0.1) is 0 Å². The number of aryl methyl sites for hydroxylation is 1. The molecule has 0 aliphatic rings. The van der Waals surface area contributed by atoms with Crippen LogP contribution in [0.4, 0.5) is 5.13 Å². The third kappa shape index (κ3) is 3.42. The number of anilines is 1. The van der Waals surface area contributed by atoms with Crippen LogP contribution in [-0.4, -0.2) is 23.1 Å². The minimum absolute atomic E-state index is 0.105. The average Bonchev–Trinajstić information content (AvgIpc) is 2.87. The molecular formula is C16H20N2O2S. The van der Waals surface area contributed by atoms with Crippen LogP contribution in [-0.2, 0) is 6.54 Å². The molecule has 1 N–H and O–H groups in total. The lowest BCUT2D eigenvalue weighted by atomic mass is 10.1. The minimum atomic E-state index is -0.897. The summed E-state index contributed by atoms with van der Waals surface area (Å²) in [6, 6.07) is 8.19. The van der Waals surface area contributed by atoms with E-state index < -0.39 is 5.97 Å². The molecule has 1 aromatic heterocycles. The first-order valence-corrected chi connectivity index (χ1v) is 7.71. The van der Waals surface area contributed by atoms with E-state index in [1.54, 1.807) is 0 Å². The SMILES string of the molecule is Cc1ccccc1CN(C)c1nc(C(C)C)c(C(=O)O)s1. The highest BCUT2D eigenvalue weighted by atomic mass is 32.1. The van der Waals surface area contributed by atoms with Gasteiger partial charge in [-0.3, -0.25) is 0 Å². The Balaban J connectivity index is 2.27. The predicted octanol–water partition coefficient (Wildman–Crippen LogP) is 3.91. The lowest BCUT2D eigenvalue weighted by Crippen LogP contribution is -2.16. The topological polar surface area (TPSA) is 53.4 Å². The quantitative estimate of drug-likeness (QED) is 0.910. The zero-order chi connectivity index (χ0) is 15.6. The Bertz CT molecular complexity index is 649. The summed E-state index contributed by atoms with van der Waals surface area (Å²) < 4.78 is 0. The third-order valence-electron chi connectivity index (χ3n) is 3.38. The summed E-state index contributed by atoms with van der Waals surface area (Å²) in [5.41, 5.74) is 3.11. The normalized spacial score (nSPS) is 10.9. The van der Waals surface area contributed by atoms with E-state index in [4.69, 9.17) is 0 Å². The second kappa shape index (κ2) is 6.26. The zero-order valence-corrected chi connectivity index (χ0v) is 13.6. The van der Waals surface area contributed by atoms with Crippen molar-refractivity contribution >= 4 is 22.4 Å². The highest BCUT2D eigenvalue weighted by Gasteiger charge is 2.21. The molecule has 112 valence electrons. The Labute approximate surface area is 129 Å². The van der Waals surface area contributed by atoms with Crippen LogP contribution in [0.5, 0.6) is 0 Å². The van der Waals surface area contributed by atoms with Crippen LogP contribution in [0.1, 0.15) is 46.3 Å². The number of rotatable bonds is 5. The van der Waals surface area contributed by atoms with Gasteiger partial charge in [-0.05, 0) is 24.0 Å². The standard InChI is InChI=1S/C16H20N2O2S/c1-10(2)13-14(15(19)20)21-16(17-13)18(4)9-12-8-6-5-7-11(12)3/h5-8,10H,9H2,1-4H3,(H,19,20). The molecule has 0 spiro atoms. The van der Waals surface area contributed by atoms with E-state index in [-0.39, 0.29) is 5.92 Å². The molecule has 4 nitrogen and oxygen atoms in total. The Hall–Kier alpha value is -1.88. The van der Waals surface area contributed by atoms with Crippen molar-refractivity contribution in [3.8, 4) is 0 Å². The molecule has 0 atom stereocenters. The van der Waals surface area contributed by atoms with Gasteiger partial charge in [-0.1, -0.05) is 49.4 Å². The summed E-state index contributed by atoms with van der Waals surface area (Å²) in [5.74, 6) is -0.792. The molecule has 21 heavy (non-hydrogen) atoms. The first-order valence-electron chi connectivity index (χ1n) is 6.89. The highest BCUT2D eigenvalue weighted by Crippen LogP contribution is 2.31. The molecule has 0 saturated carbocycles. The van der Waals surface area contributed by atoms with Crippen LogP contribution in [0.3, 0.4) is 0 Å². The lowest BCUT2D eigenvalue weighted by molar-refractivity contribution is 0.0700. The molecule has 0 unspecified atom stereocenters. The van der Waals surface area contributed by atoms with Gasteiger partial charge in [-0.2, -0.15) is 0 Å². The van der Waals surface area contributed by atoms with Crippen LogP contribution in [0, 0.1) is 6.92 Å². The van der Waals surface area contributed by atoms with E-state index in [1.807, 2.05) is 37.9 Å². The number of thiazole rings is 1. The summed E-state index contributed by atoms with van der Waals surface area (Å²) in [5, 5.41) is 10.0. The first kappa shape index (κ1) is 15.5. The maximum absolute atomic E-state index is 11.3. The summed E-state index contributed by atoms with van der Waals surface area (Å²) in [7, 11) is 1.95. The smallest absolute Gasteiger partial charge is 0.347 e. The number of carbonyl (C=O) groups is 1. The number of benzene rings is 1. The summed E-state index contributed by atoms with van der Waals surface area (Å²) in [4.78, 5) is 18.2. The van der Waals surface area contributed by atoms with Crippen LogP contribution in [0.15, 0.2) is 24.3 Å². The van der Waals surface area contributed by atoms with Gasteiger partial charge in [0.15, 0.2) is 5.13 Å². The molecule has 2 aromatic rings. The van der Waals surface area contributed by atoms with Crippen molar-refractivity contribution in [3.05, 3.63) is 46.0 Å². The molecule has 0 fully saturated rings. The number of nitrogens with zero attached hydrogens (tertiary/aromatic N) is 2. The molecule has 0 radical (unpaired) electrons.